The van der Waals surface area contributed by atoms with Gasteiger partial charge in [-0.2, -0.15) is 5.10 Å². The number of amides is 1. The highest BCUT2D eigenvalue weighted by Gasteiger charge is 2.13. The summed E-state index contributed by atoms with van der Waals surface area (Å²) in [4.78, 5) is 11.9. The molecule has 0 aliphatic carbocycles. The van der Waals surface area contributed by atoms with Crippen molar-refractivity contribution in [2.24, 2.45) is 5.10 Å². The molecule has 0 saturated heterocycles. The van der Waals surface area contributed by atoms with E-state index in [0.29, 0.717) is 0 Å². The van der Waals surface area contributed by atoms with E-state index in [1.54, 1.807) is 12.1 Å². The third kappa shape index (κ3) is 5.01. The molecule has 2 aromatic rings. The number of hydrogen-bond donors (Lipinski definition) is 1. The van der Waals surface area contributed by atoms with E-state index in [9.17, 15) is 9.18 Å². The molecule has 0 saturated carbocycles. The molecular weight excluding hydrogens is 303 g/mol. The molecule has 0 heterocycles. The molecule has 4 heteroatoms. The number of halogens is 1. The minimum Gasteiger partial charge on any atom is -0.273 e. The van der Waals surface area contributed by atoms with Crippen LogP contribution in [0.25, 0.3) is 0 Å². The van der Waals surface area contributed by atoms with Gasteiger partial charge in [0.1, 0.15) is 5.82 Å². The number of carbonyl (C=O) groups is 1. The maximum atomic E-state index is 12.8. The van der Waals surface area contributed by atoms with Crippen LogP contribution < -0.4 is 5.43 Å². The Morgan fingerprint density at radius 2 is 1.62 bits per heavy atom. The van der Waals surface area contributed by atoms with Gasteiger partial charge in [0.15, 0.2) is 0 Å². The molecule has 0 radical (unpaired) electrons. The van der Waals surface area contributed by atoms with Crippen molar-refractivity contribution in [1.82, 2.24) is 5.43 Å². The molecular formula is C20H23FN2O. The molecule has 0 aliphatic heterocycles. The topological polar surface area (TPSA) is 41.5 Å². The van der Waals surface area contributed by atoms with Crippen molar-refractivity contribution in [3.63, 3.8) is 0 Å². The van der Waals surface area contributed by atoms with Crippen LogP contribution in [0.5, 0.6) is 0 Å². The highest BCUT2D eigenvalue weighted by molar-refractivity contribution is 5.99. The fraction of sp³-hybridized carbons (Fsp3) is 0.300. The van der Waals surface area contributed by atoms with Gasteiger partial charge in [-0.05, 0) is 41.2 Å². The number of rotatable bonds is 4. The van der Waals surface area contributed by atoms with Gasteiger partial charge in [0.25, 0.3) is 0 Å². The minimum atomic E-state index is -0.313. The fourth-order valence-electron chi connectivity index (χ4n) is 2.25. The fourth-order valence-corrected chi connectivity index (χ4v) is 2.25. The highest BCUT2D eigenvalue weighted by atomic mass is 19.1. The van der Waals surface area contributed by atoms with E-state index in [0.717, 1.165) is 16.8 Å². The third-order valence-electron chi connectivity index (χ3n) is 3.79. The summed E-state index contributed by atoms with van der Waals surface area (Å²) in [7, 11) is 0. The Hall–Kier alpha value is -2.49. The molecule has 0 bridgehead atoms. The lowest BCUT2D eigenvalue weighted by Crippen LogP contribution is -2.21. The molecule has 2 rings (SSSR count). The van der Waals surface area contributed by atoms with Crippen LogP contribution in [0, 0.1) is 5.82 Å². The van der Waals surface area contributed by atoms with Gasteiger partial charge in [0, 0.05) is 0 Å². The SMILES string of the molecule is C/C(=N/NC(=O)Cc1ccc(F)cc1)c1ccc(C(C)(C)C)cc1. The zero-order valence-corrected chi connectivity index (χ0v) is 14.6. The zero-order valence-electron chi connectivity index (χ0n) is 14.6. The van der Waals surface area contributed by atoms with E-state index in [1.165, 1.54) is 17.7 Å². The summed E-state index contributed by atoms with van der Waals surface area (Å²) in [6.45, 7) is 8.35. The summed E-state index contributed by atoms with van der Waals surface area (Å²) in [5.41, 5.74) is 6.35. The van der Waals surface area contributed by atoms with Crippen LogP contribution in [0.4, 0.5) is 4.39 Å². The Morgan fingerprint density at radius 1 is 1.04 bits per heavy atom. The van der Waals surface area contributed by atoms with E-state index < -0.39 is 0 Å². The van der Waals surface area contributed by atoms with Crippen molar-refractivity contribution in [2.45, 2.75) is 39.5 Å². The summed E-state index contributed by atoms with van der Waals surface area (Å²) in [5.74, 6) is -0.543. The Balaban J connectivity index is 1.97. The summed E-state index contributed by atoms with van der Waals surface area (Å²) in [6, 6.07) is 14.0. The first-order chi connectivity index (χ1) is 11.3. The number of carbonyl (C=O) groups excluding carboxylic acids is 1. The molecule has 0 atom stereocenters. The second kappa shape index (κ2) is 7.39. The largest absolute Gasteiger partial charge is 0.273 e. The standard InChI is InChI=1S/C20H23FN2O/c1-14(16-7-9-17(10-8-16)20(2,3)4)22-23-19(24)13-15-5-11-18(21)12-6-15/h5-12H,13H2,1-4H3,(H,23,24)/b22-14-. The number of benzene rings is 2. The predicted molar refractivity (Wildman–Crippen MR) is 95.6 cm³/mol. The zero-order chi connectivity index (χ0) is 17.7. The van der Waals surface area contributed by atoms with E-state index in [2.05, 4.69) is 43.4 Å². The van der Waals surface area contributed by atoms with Crippen molar-refractivity contribution in [2.75, 3.05) is 0 Å². The van der Waals surface area contributed by atoms with Crippen molar-refractivity contribution >= 4 is 11.6 Å². The summed E-state index contributed by atoms with van der Waals surface area (Å²) >= 11 is 0. The van der Waals surface area contributed by atoms with Crippen molar-refractivity contribution < 1.29 is 9.18 Å². The highest BCUT2D eigenvalue weighted by Crippen LogP contribution is 2.22. The van der Waals surface area contributed by atoms with Crippen LogP contribution in [0.15, 0.2) is 53.6 Å². The Kier molecular flexibility index (Phi) is 5.50. The van der Waals surface area contributed by atoms with Crippen molar-refractivity contribution in [3.8, 4) is 0 Å². The maximum absolute atomic E-state index is 12.8. The van der Waals surface area contributed by atoms with Gasteiger partial charge in [-0.25, -0.2) is 9.82 Å². The normalized spacial score (nSPS) is 12.1. The van der Waals surface area contributed by atoms with Crippen LogP contribution in [-0.4, -0.2) is 11.6 Å². The van der Waals surface area contributed by atoms with Gasteiger partial charge in [-0.3, -0.25) is 4.79 Å². The lowest BCUT2D eigenvalue weighted by Gasteiger charge is -2.19. The molecule has 0 spiro atoms. The maximum Gasteiger partial charge on any atom is 0.244 e. The van der Waals surface area contributed by atoms with Gasteiger partial charge in [-0.1, -0.05) is 57.2 Å². The van der Waals surface area contributed by atoms with Crippen LogP contribution in [0.3, 0.4) is 0 Å². The summed E-state index contributed by atoms with van der Waals surface area (Å²) in [5, 5.41) is 4.14. The molecule has 1 amide bonds. The average Bonchev–Trinajstić information content (AvgIpc) is 2.54. The van der Waals surface area contributed by atoms with Gasteiger partial charge in [0.2, 0.25) is 5.91 Å². The van der Waals surface area contributed by atoms with Crippen LogP contribution in [0.1, 0.15) is 44.4 Å². The number of nitrogens with zero attached hydrogens (tertiary/aromatic N) is 1. The van der Waals surface area contributed by atoms with Gasteiger partial charge in [-0.15, -0.1) is 0 Å². The molecule has 24 heavy (non-hydrogen) atoms. The van der Waals surface area contributed by atoms with E-state index in [4.69, 9.17) is 0 Å². The Morgan fingerprint density at radius 3 is 2.17 bits per heavy atom. The average molecular weight is 326 g/mol. The molecule has 0 aromatic heterocycles. The second-order valence-electron chi connectivity index (χ2n) is 6.86. The van der Waals surface area contributed by atoms with Crippen LogP contribution in [-0.2, 0) is 16.6 Å². The first-order valence-electron chi connectivity index (χ1n) is 7.94. The van der Waals surface area contributed by atoms with Gasteiger partial charge >= 0.3 is 0 Å². The molecule has 0 fully saturated rings. The Labute approximate surface area is 142 Å². The van der Waals surface area contributed by atoms with E-state index in [-0.39, 0.29) is 23.6 Å². The Bertz CT molecular complexity index is 726. The van der Waals surface area contributed by atoms with Gasteiger partial charge < -0.3 is 0 Å². The number of hydrogen-bond acceptors (Lipinski definition) is 2. The quantitative estimate of drug-likeness (QED) is 0.664. The predicted octanol–water partition coefficient (Wildman–Crippen LogP) is 4.21. The third-order valence-corrected chi connectivity index (χ3v) is 3.79. The van der Waals surface area contributed by atoms with Crippen molar-refractivity contribution in [1.29, 1.82) is 0 Å². The molecule has 2 aromatic carbocycles. The minimum absolute atomic E-state index is 0.104. The van der Waals surface area contributed by atoms with E-state index in [1.807, 2.05) is 19.1 Å². The first-order valence-corrected chi connectivity index (χ1v) is 7.94. The van der Waals surface area contributed by atoms with Gasteiger partial charge in [0.05, 0.1) is 12.1 Å². The molecule has 0 unspecified atom stereocenters. The lowest BCUT2D eigenvalue weighted by molar-refractivity contribution is -0.120. The summed E-state index contributed by atoms with van der Waals surface area (Å²) < 4.78 is 12.8. The van der Waals surface area contributed by atoms with Crippen LogP contribution in [0.2, 0.25) is 0 Å². The number of nitrogens with one attached hydrogen (secondary N) is 1. The smallest absolute Gasteiger partial charge is 0.244 e. The second-order valence-corrected chi connectivity index (χ2v) is 6.86. The lowest BCUT2D eigenvalue weighted by atomic mass is 9.86. The molecule has 1 N–H and O–H groups in total. The molecule has 126 valence electrons. The van der Waals surface area contributed by atoms with E-state index >= 15 is 0 Å². The molecule has 3 nitrogen and oxygen atoms in total. The summed E-state index contributed by atoms with van der Waals surface area (Å²) in [6.07, 6.45) is 0.167. The van der Waals surface area contributed by atoms with Crippen LogP contribution >= 0.6 is 0 Å². The number of hydrazone groups is 1. The monoisotopic (exact) mass is 326 g/mol. The van der Waals surface area contributed by atoms with Crippen molar-refractivity contribution in [3.05, 3.63) is 71.0 Å². The first kappa shape index (κ1) is 17.9. The molecule has 0 aliphatic rings.